The van der Waals surface area contributed by atoms with Crippen LogP contribution in [0.2, 0.25) is 0 Å². The first kappa shape index (κ1) is 8.31. The van der Waals surface area contributed by atoms with E-state index in [2.05, 4.69) is 32.9 Å². The molecule has 0 spiro atoms. The lowest BCUT2D eigenvalue weighted by atomic mass is 9.76. The lowest BCUT2D eigenvalue weighted by Crippen LogP contribution is -2.40. The summed E-state index contributed by atoms with van der Waals surface area (Å²) in [5.74, 6) is 2.27. The molecule has 12 heavy (non-hydrogen) atoms. The van der Waals surface area contributed by atoms with Crippen LogP contribution in [0.4, 0.5) is 0 Å². The van der Waals surface area contributed by atoms with Crippen LogP contribution in [-0.4, -0.2) is 12.2 Å². The molecule has 0 aromatic heterocycles. The van der Waals surface area contributed by atoms with Gasteiger partial charge in [0.15, 0.2) is 0 Å². The zero-order valence-corrected chi connectivity index (χ0v) is 8.16. The fraction of sp³-hybridized carbons (Fsp3) is 0.818. The highest BCUT2D eigenvalue weighted by Gasteiger charge is 2.41. The first-order valence-electron chi connectivity index (χ1n) is 5.07. The molecule has 1 nitrogen and oxygen atoms in total. The van der Waals surface area contributed by atoms with Crippen molar-refractivity contribution in [3.05, 3.63) is 12.2 Å². The Kier molecular flexibility index (Phi) is 1.99. The smallest absolute Gasteiger partial charge is 0.0793 e. The summed E-state index contributed by atoms with van der Waals surface area (Å²) in [6.45, 7) is 6.94. The molecule has 1 fully saturated rings. The van der Waals surface area contributed by atoms with Gasteiger partial charge in [0.2, 0.25) is 0 Å². The molecule has 0 N–H and O–H groups in total. The van der Waals surface area contributed by atoms with Gasteiger partial charge in [0, 0.05) is 0 Å². The van der Waals surface area contributed by atoms with Crippen LogP contribution >= 0.6 is 0 Å². The summed E-state index contributed by atoms with van der Waals surface area (Å²) in [6.07, 6.45) is 6.62. The zero-order valence-electron chi connectivity index (χ0n) is 8.16. The Morgan fingerprint density at radius 2 is 1.58 bits per heavy atom. The van der Waals surface area contributed by atoms with Crippen molar-refractivity contribution >= 4 is 0 Å². The van der Waals surface area contributed by atoms with E-state index in [1.165, 1.54) is 6.42 Å². The van der Waals surface area contributed by atoms with Gasteiger partial charge in [-0.05, 0) is 17.8 Å². The van der Waals surface area contributed by atoms with Crippen LogP contribution < -0.4 is 0 Å². The van der Waals surface area contributed by atoms with Crippen molar-refractivity contribution in [3.8, 4) is 0 Å². The molecule has 2 heterocycles. The van der Waals surface area contributed by atoms with Crippen molar-refractivity contribution in [3.63, 3.8) is 0 Å². The second kappa shape index (κ2) is 2.88. The van der Waals surface area contributed by atoms with Gasteiger partial charge in [-0.3, -0.25) is 0 Å². The van der Waals surface area contributed by atoms with Crippen molar-refractivity contribution in [2.24, 2.45) is 17.8 Å². The molecule has 2 rings (SSSR count). The van der Waals surface area contributed by atoms with E-state index in [4.69, 9.17) is 4.74 Å². The predicted molar refractivity (Wildman–Crippen MR) is 49.9 cm³/mol. The van der Waals surface area contributed by atoms with E-state index >= 15 is 0 Å². The molecule has 0 radical (unpaired) electrons. The van der Waals surface area contributed by atoms with Crippen LogP contribution in [0.15, 0.2) is 12.2 Å². The number of fused-ring (bicyclic) bond motifs is 2. The molecule has 2 aliphatic rings. The van der Waals surface area contributed by atoms with Gasteiger partial charge < -0.3 is 4.74 Å². The molecule has 0 amide bonds. The van der Waals surface area contributed by atoms with Gasteiger partial charge in [-0.2, -0.15) is 0 Å². The van der Waals surface area contributed by atoms with Crippen LogP contribution in [0.5, 0.6) is 0 Å². The third kappa shape index (κ3) is 1.03. The Bertz CT molecular complexity index is 179. The van der Waals surface area contributed by atoms with Gasteiger partial charge in [-0.25, -0.2) is 0 Å². The van der Waals surface area contributed by atoms with Gasteiger partial charge in [0.1, 0.15) is 0 Å². The van der Waals surface area contributed by atoms with Crippen LogP contribution in [0.3, 0.4) is 0 Å². The largest absolute Gasteiger partial charge is 0.366 e. The number of hydrogen-bond donors (Lipinski definition) is 0. The Morgan fingerprint density at radius 3 is 2.00 bits per heavy atom. The molecule has 0 saturated carbocycles. The summed E-state index contributed by atoms with van der Waals surface area (Å²) in [5, 5.41) is 0. The molecule has 1 saturated heterocycles. The van der Waals surface area contributed by atoms with Gasteiger partial charge in [-0.1, -0.05) is 39.3 Å². The Hall–Kier alpha value is -0.300. The lowest BCUT2D eigenvalue weighted by molar-refractivity contribution is -0.0802. The van der Waals surface area contributed by atoms with Crippen LogP contribution in [0, 0.1) is 17.8 Å². The minimum Gasteiger partial charge on any atom is -0.366 e. The maximum Gasteiger partial charge on any atom is 0.0793 e. The summed E-state index contributed by atoms with van der Waals surface area (Å²) in [4.78, 5) is 0. The van der Waals surface area contributed by atoms with Crippen LogP contribution in [0.25, 0.3) is 0 Å². The standard InChI is InChI=1S/C11H18O/c1-4-9-7(2)10-5-6-11(12-10)8(9)3/h5-11H,4H2,1-3H3/t7-,8+,9?,10-,11+. The monoisotopic (exact) mass is 166 g/mol. The topological polar surface area (TPSA) is 9.23 Å². The van der Waals surface area contributed by atoms with Crippen LogP contribution in [0.1, 0.15) is 27.2 Å². The Labute approximate surface area is 74.8 Å². The van der Waals surface area contributed by atoms with Crippen molar-refractivity contribution in [1.82, 2.24) is 0 Å². The van der Waals surface area contributed by atoms with Crippen molar-refractivity contribution in [1.29, 1.82) is 0 Å². The van der Waals surface area contributed by atoms with E-state index in [1.54, 1.807) is 0 Å². The first-order valence-corrected chi connectivity index (χ1v) is 5.07. The highest BCUT2D eigenvalue weighted by atomic mass is 16.5. The quantitative estimate of drug-likeness (QED) is 0.544. The molecule has 68 valence electrons. The van der Waals surface area contributed by atoms with E-state index in [0.29, 0.717) is 24.0 Å². The summed E-state index contributed by atoms with van der Waals surface area (Å²) in [5.41, 5.74) is 0. The minimum atomic E-state index is 0.413. The summed E-state index contributed by atoms with van der Waals surface area (Å²) < 4.78 is 5.84. The predicted octanol–water partition coefficient (Wildman–Crippen LogP) is 2.62. The fourth-order valence-corrected chi connectivity index (χ4v) is 2.80. The zero-order chi connectivity index (χ0) is 8.72. The maximum atomic E-state index is 5.84. The Balaban J connectivity index is 2.19. The molecule has 0 aromatic carbocycles. The van der Waals surface area contributed by atoms with Crippen molar-refractivity contribution in [2.75, 3.05) is 0 Å². The highest BCUT2D eigenvalue weighted by Crippen LogP contribution is 2.41. The average Bonchev–Trinajstić information content (AvgIpc) is 2.48. The molecule has 0 aromatic rings. The molecular weight excluding hydrogens is 148 g/mol. The third-order valence-corrected chi connectivity index (χ3v) is 3.66. The Morgan fingerprint density at radius 1 is 1.08 bits per heavy atom. The SMILES string of the molecule is CCC1[C@@H](C)[C@H]2C=C[C@H](O2)[C@H]1C. The molecule has 2 aliphatic heterocycles. The van der Waals surface area contributed by atoms with Gasteiger partial charge in [0.25, 0.3) is 0 Å². The molecule has 1 unspecified atom stereocenters. The van der Waals surface area contributed by atoms with E-state index < -0.39 is 0 Å². The van der Waals surface area contributed by atoms with E-state index in [0.717, 1.165) is 5.92 Å². The maximum absolute atomic E-state index is 5.84. The number of rotatable bonds is 1. The van der Waals surface area contributed by atoms with Gasteiger partial charge >= 0.3 is 0 Å². The second-order valence-corrected chi connectivity index (χ2v) is 4.24. The second-order valence-electron chi connectivity index (χ2n) is 4.24. The van der Waals surface area contributed by atoms with Crippen LogP contribution in [-0.2, 0) is 4.74 Å². The molecule has 0 aliphatic carbocycles. The summed E-state index contributed by atoms with van der Waals surface area (Å²) in [7, 11) is 0. The average molecular weight is 166 g/mol. The highest BCUT2D eigenvalue weighted by molar-refractivity contribution is 5.10. The molecular formula is C11H18O. The lowest BCUT2D eigenvalue weighted by Gasteiger charge is -2.39. The van der Waals surface area contributed by atoms with Crippen molar-refractivity contribution in [2.45, 2.75) is 39.4 Å². The van der Waals surface area contributed by atoms with E-state index in [1.807, 2.05) is 0 Å². The number of hydrogen-bond acceptors (Lipinski definition) is 1. The molecule has 2 bridgehead atoms. The van der Waals surface area contributed by atoms with E-state index in [-0.39, 0.29) is 0 Å². The molecule has 5 atom stereocenters. The summed E-state index contributed by atoms with van der Waals surface area (Å²) >= 11 is 0. The van der Waals surface area contributed by atoms with Gasteiger partial charge in [0.05, 0.1) is 12.2 Å². The minimum absolute atomic E-state index is 0.413. The fourth-order valence-electron chi connectivity index (χ4n) is 2.80. The van der Waals surface area contributed by atoms with Crippen molar-refractivity contribution < 1.29 is 4.74 Å². The first-order chi connectivity index (χ1) is 5.74. The van der Waals surface area contributed by atoms with E-state index in [9.17, 15) is 0 Å². The molecule has 1 heteroatoms. The third-order valence-electron chi connectivity index (χ3n) is 3.66. The normalized spacial score (nSPS) is 51.4. The summed E-state index contributed by atoms with van der Waals surface area (Å²) in [6, 6.07) is 0. The van der Waals surface area contributed by atoms with Gasteiger partial charge in [-0.15, -0.1) is 0 Å². The number of ether oxygens (including phenoxy) is 1.